The van der Waals surface area contributed by atoms with Gasteiger partial charge in [0.05, 0.1) is 28.2 Å². The lowest BCUT2D eigenvalue weighted by atomic mass is 10.1. The first-order chi connectivity index (χ1) is 13.9. The zero-order valence-corrected chi connectivity index (χ0v) is 17.6. The highest BCUT2D eigenvalue weighted by atomic mass is 79.9. The Kier molecular flexibility index (Phi) is 6.74. The number of rotatable bonds is 5. The van der Waals surface area contributed by atoms with Gasteiger partial charge in [0, 0.05) is 10.0 Å². The Morgan fingerprint density at radius 3 is 2.55 bits per heavy atom. The molecule has 0 heterocycles. The van der Waals surface area contributed by atoms with Gasteiger partial charge in [-0.3, -0.25) is 4.79 Å². The van der Waals surface area contributed by atoms with E-state index in [4.69, 9.17) is 11.6 Å². The van der Waals surface area contributed by atoms with Gasteiger partial charge in [0.15, 0.2) is 0 Å². The Morgan fingerprint density at radius 1 is 1.07 bits per heavy atom. The summed E-state index contributed by atoms with van der Waals surface area (Å²) < 4.78 is 0.900. The van der Waals surface area contributed by atoms with Crippen molar-refractivity contribution in [2.75, 3.05) is 0 Å². The zero-order valence-electron chi connectivity index (χ0n) is 15.3. The lowest BCUT2D eigenvalue weighted by Crippen LogP contribution is -2.18. The largest absolute Gasteiger partial charge is 0.507 e. The van der Waals surface area contributed by atoms with E-state index in [0.29, 0.717) is 27.5 Å². The summed E-state index contributed by atoms with van der Waals surface area (Å²) in [5.74, 6) is -0.450. The number of amides is 1. The molecule has 0 saturated carbocycles. The van der Waals surface area contributed by atoms with Crippen LogP contribution in [0.25, 0.3) is 0 Å². The molecule has 0 aromatic heterocycles. The van der Waals surface area contributed by atoms with E-state index in [0.717, 1.165) is 10.0 Å². The standard InChI is InChI=1S/C21H16BrClN4O2/c1-13-5-7-18(19(23)9-13)21(29)27-24-12-14-10-17(6-8-20(14)28)26-25-16-4-2-3-15(22)11-16/h2-12,28H,1H3,(H,27,29). The molecule has 0 atom stereocenters. The smallest absolute Gasteiger partial charge is 0.272 e. The van der Waals surface area contributed by atoms with Crippen molar-refractivity contribution in [3.63, 3.8) is 0 Å². The summed E-state index contributed by atoms with van der Waals surface area (Å²) in [7, 11) is 0. The van der Waals surface area contributed by atoms with Crippen LogP contribution in [0, 0.1) is 6.92 Å². The predicted octanol–water partition coefficient (Wildman–Crippen LogP) is 6.30. The second-order valence-corrected chi connectivity index (χ2v) is 7.43. The Bertz CT molecular complexity index is 1120. The molecular weight excluding hydrogens is 456 g/mol. The molecule has 0 aliphatic rings. The van der Waals surface area contributed by atoms with Gasteiger partial charge in [-0.15, -0.1) is 0 Å². The Hall–Kier alpha value is -3.03. The van der Waals surface area contributed by atoms with Crippen LogP contribution >= 0.6 is 27.5 Å². The quantitative estimate of drug-likeness (QED) is 0.260. The lowest BCUT2D eigenvalue weighted by molar-refractivity contribution is 0.0955. The van der Waals surface area contributed by atoms with Crippen molar-refractivity contribution in [1.29, 1.82) is 0 Å². The van der Waals surface area contributed by atoms with E-state index in [1.54, 1.807) is 30.3 Å². The van der Waals surface area contributed by atoms with Crippen LogP contribution in [0.3, 0.4) is 0 Å². The first-order valence-electron chi connectivity index (χ1n) is 8.52. The maximum atomic E-state index is 12.2. The van der Waals surface area contributed by atoms with E-state index >= 15 is 0 Å². The van der Waals surface area contributed by atoms with E-state index in [9.17, 15) is 9.90 Å². The third-order valence-corrected chi connectivity index (χ3v) is 4.65. The van der Waals surface area contributed by atoms with Crippen molar-refractivity contribution in [3.05, 3.63) is 86.8 Å². The van der Waals surface area contributed by atoms with Crippen LogP contribution in [0.5, 0.6) is 5.75 Å². The number of carbonyl (C=O) groups excluding carboxylic acids is 1. The van der Waals surface area contributed by atoms with E-state index in [1.165, 1.54) is 12.3 Å². The molecule has 3 aromatic rings. The van der Waals surface area contributed by atoms with Crippen LogP contribution in [0.2, 0.25) is 5.02 Å². The number of phenolic OH excluding ortho intramolecular Hbond substituents is 1. The van der Waals surface area contributed by atoms with Crippen molar-refractivity contribution in [1.82, 2.24) is 5.43 Å². The van der Waals surface area contributed by atoms with Gasteiger partial charge in [0.1, 0.15) is 5.75 Å². The number of nitrogens with zero attached hydrogens (tertiary/aromatic N) is 3. The number of aryl methyl sites for hydroxylation is 1. The Labute approximate surface area is 181 Å². The van der Waals surface area contributed by atoms with Gasteiger partial charge < -0.3 is 5.11 Å². The van der Waals surface area contributed by atoms with Gasteiger partial charge >= 0.3 is 0 Å². The molecule has 0 spiro atoms. The van der Waals surface area contributed by atoms with Crippen LogP contribution in [0.15, 0.2) is 80.5 Å². The first kappa shape index (κ1) is 20.7. The number of hydrogen-bond donors (Lipinski definition) is 2. The number of azo groups is 1. The average Bonchev–Trinajstić information content (AvgIpc) is 2.68. The molecule has 0 bridgehead atoms. The van der Waals surface area contributed by atoms with Crippen LogP contribution in [0.4, 0.5) is 11.4 Å². The monoisotopic (exact) mass is 470 g/mol. The number of carbonyl (C=O) groups is 1. The molecule has 0 fully saturated rings. The maximum Gasteiger partial charge on any atom is 0.272 e. The van der Waals surface area contributed by atoms with E-state index in [2.05, 4.69) is 36.7 Å². The molecule has 29 heavy (non-hydrogen) atoms. The molecule has 6 nitrogen and oxygen atoms in total. The lowest BCUT2D eigenvalue weighted by Gasteiger charge is -2.04. The van der Waals surface area contributed by atoms with E-state index < -0.39 is 5.91 Å². The van der Waals surface area contributed by atoms with Gasteiger partial charge in [-0.1, -0.05) is 39.7 Å². The van der Waals surface area contributed by atoms with Crippen LogP contribution in [0.1, 0.15) is 21.5 Å². The predicted molar refractivity (Wildman–Crippen MR) is 118 cm³/mol. The van der Waals surface area contributed by atoms with Gasteiger partial charge in [0.2, 0.25) is 0 Å². The molecule has 2 N–H and O–H groups in total. The van der Waals surface area contributed by atoms with Crippen molar-refractivity contribution < 1.29 is 9.90 Å². The highest BCUT2D eigenvalue weighted by molar-refractivity contribution is 9.10. The van der Waals surface area contributed by atoms with E-state index in [-0.39, 0.29) is 5.75 Å². The number of hydrazone groups is 1. The Morgan fingerprint density at radius 2 is 1.83 bits per heavy atom. The molecule has 8 heteroatoms. The van der Waals surface area contributed by atoms with Crippen molar-refractivity contribution in [3.8, 4) is 5.75 Å². The zero-order chi connectivity index (χ0) is 20.8. The second kappa shape index (κ2) is 9.45. The van der Waals surface area contributed by atoms with Crippen LogP contribution in [-0.4, -0.2) is 17.2 Å². The molecule has 146 valence electrons. The van der Waals surface area contributed by atoms with Gasteiger partial charge in [-0.25, -0.2) is 5.43 Å². The molecular formula is C21H16BrClN4O2. The number of phenols is 1. The second-order valence-electron chi connectivity index (χ2n) is 6.11. The van der Waals surface area contributed by atoms with Crippen molar-refractivity contribution in [2.45, 2.75) is 6.92 Å². The number of halogens is 2. The third kappa shape index (κ3) is 5.73. The highest BCUT2D eigenvalue weighted by Gasteiger charge is 2.09. The topological polar surface area (TPSA) is 86.4 Å². The fraction of sp³-hybridized carbons (Fsp3) is 0.0476. The summed E-state index contributed by atoms with van der Waals surface area (Å²) in [6.07, 6.45) is 1.33. The molecule has 0 unspecified atom stereocenters. The molecule has 0 saturated heterocycles. The molecule has 1 amide bonds. The molecule has 3 rings (SSSR count). The van der Waals surface area contributed by atoms with E-state index in [1.807, 2.05) is 31.2 Å². The summed E-state index contributed by atoms with van der Waals surface area (Å²) in [6.45, 7) is 1.88. The Balaban J connectivity index is 1.72. The molecule has 0 radical (unpaired) electrons. The minimum atomic E-state index is -0.448. The third-order valence-electron chi connectivity index (χ3n) is 3.84. The maximum absolute atomic E-state index is 12.2. The fourth-order valence-corrected chi connectivity index (χ4v) is 3.09. The number of nitrogens with one attached hydrogen (secondary N) is 1. The van der Waals surface area contributed by atoms with Crippen LogP contribution in [-0.2, 0) is 0 Å². The molecule has 0 aliphatic heterocycles. The number of hydrogen-bond acceptors (Lipinski definition) is 5. The highest BCUT2D eigenvalue weighted by Crippen LogP contribution is 2.25. The van der Waals surface area contributed by atoms with Gasteiger partial charge in [-0.2, -0.15) is 15.3 Å². The summed E-state index contributed by atoms with van der Waals surface area (Å²) in [4.78, 5) is 12.2. The summed E-state index contributed by atoms with van der Waals surface area (Å²) >= 11 is 9.46. The molecule has 0 aliphatic carbocycles. The SMILES string of the molecule is Cc1ccc(C(=O)NN=Cc2cc(N=Nc3cccc(Br)c3)ccc2O)c(Cl)c1. The summed E-state index contributed by atoms with van der Waals surface area (Å²) in [5.41, 5.74) is 5.25. The normalized spacial score (nSPS) is 11.3. The fourth-order valence-electron chi connectivity index (χ4n) is 2.39. The average molecular weight is 472 g/mol. The van der Waals surface area contributed by atoms with Gasteiger partial charge in [0.25, 0.3) is 5.91 Å². The summed E-state index contributed by atoms with van der Waals surface area (Å²) in [6, 6.07) is 17.2. The van der Waals surface area contributed by atoms with Crippen molar-refractivity contribution >= 4 is 51.0 Å². The summed E-state index contributed by atoms with van der Waals surface area (Å²) in [5, 5.41) is 22.6. The minimum Gasteiger partial charge on any atom is -0.507 e. The van der Waals surface area contributed by atoms with Gasteiger partial charge in [-0.05, 0) is 61.0 Å². The number of benzene rings is 3. The number of aromatic hydroxyl groups is 1. The van der Waals surface area contributed by atoms with Crippen molar-refractivity contribution in [2.24, 2.45) is 15.3 Å². The minimum absolute atomic E-state index is 0.00206. The molecule has 3 aromatic carbocycles. The van der Waals surface area contributed by atoms with Crippen LogP contribution < -0.4 is 5.43 Å². The first-order valence-corrected chi connectivity index (χ1v) is 9.69.